The lowest BCUT2D eigenvalue weighted by molar-refractivity contribution is -0.141. The van der Waals surface area contributed by atoms with Gasteiger partial charge in [-0.2, -0.15) is 0 Å². The van der Waals surface area contributed by atoms with Crippen LogP contribution in [0.3, 0.4) is 0 Å². The van der Waals surface area contributed by atoms with Gasteiger partial charge in [-0.3, -0.25) is 14.4 Å². The fourth-order valence-corrected chi connectivity index (χ4v) is 2.23. The molecule has 1 unspecified atom stereocenters. The van der Waals surface area contributed by atoms with Crippen LogP contribution in [-0.4, -0.2) is 36.0 Å². The summed E-state index contributed by atoms with van der Waals surface area (Å²) in [7, 11) is 0. The maximum absolute atomic E-state index is 11.6. The largest absolute Gasteiger partial charge is 0.481 e. The van der Waals surface area contributed by atoms with Crippen LogP contribution >= 0.6 is 11.3 Å². The molecule has 0 aliphatic rings. The summed E-state index contributed by atoms with van der Waals surface area (Å²) in [6, 6.07) is 3.56. The number of carboxylic acid groups (broad SMARTS) is 1. The van der Waals surface area contributed by atoms with E-state index in [9.17, 15) is 14.4 Å². The second-order valence-electron chi connectivity index (χ2n) is 4.71. The average Bonchev–Trinajstić information content (AvgIpc) is 2.97. The van der Waals surface area contributed by atoms with E-state index in [1.165, 1.54) is 11.3 Å². The summed E-state index contributed by atoms with van der Waals surface area (Å²) in [6.07, 6.45) is 1.28. The first-order chi connectivity index (χ1) is 10.0. The molecule has 1 aromatic heterocycles. The molecule has 1 rings (SSSR count). The molecule has 0 aliphatic heterocycles. The number of hydrogen-bond acceptors (Lipinski definition) is 4. The Labute approximate surface area is 127 Å². The lowest BCUT2D eigenvalue weighted by atomic mass is 10.1. The van der Waals surface area contributed by atoms with Crippen molar-refractivity contribution in [3.63, 3.8) is 0 Å². The maximum Gasteiger partial charge on any atom is 0.306 e. The van der Waals surface area contributed by atoms with E-state index in [-0.39, 0.29) is 11.8 Å². The molecule has 3 N–H and O–H groups in total. The quantitative estimate of drug-likeness (QED) is 0.602. The van der Waals surface area contributed by atoms with Gasteiger partial charge in [-0.05, 0) is 24.3 Å². The van der Waals surface area contributed by atoms with Crippen LogP contribution in [0.2, 0.25) is 0 Å². The number of hydrogen-bond donors (Lipinski definition) is 3. The fraction of sp³-hybridized carbons (Fsp3) is 0.500. The fourth-order valence-electron chi connectivity index (χ4n) is 1.59. The molecule has 1 atom stereocenters. The van der Waals surface area contributed by atoms with Crippen molar-refractivity contribution in [2.75, 3.05) is 13.1 Å². The number of nitrogens with one attached hydrogen (secondary N) is 2. The average molecular weight is 312 g/mol. The highest BCUT2D eigenvalue weighted by Gasteiger charge is 2.11. The Hall–Kier alpha value is -1.89. The van der Waals surface area contributed by atoms with E-state index < -0.39 is 11.9 Å². The topological polar surface area (TPSA) is 95.5 Å². The predicted octanol–water partition coefficient (Wildman–Crippen LogP) is 1.49. The molecule has 116 valence electrons. The van der Waals surface area contributed by atoms with Crippen molar-refractivity contribution in [1.82, 2.24) is 10.6 Å². The van der Waals surface area contributed by atoms with Gasteiger partial charge in [-0.15, -0.1) is 11.3 Å². The van der Waals surface area contributed by atoms with Crippen LogP contribution in [0.15, 0.2) is 17.5 Å². The van der Waals surface area contributed by atoms with Crippen LogP contribution in [0.1, 0.15) is 35.9 Å². The van der Waals surface area contributed by atoms with Gasteiger partial charge in [0, 0.05) is 19.5 Å². The number of aliphatic carboxylic acids is 1. The lowest BCUT2D eigenvalue weighted by Gasteiger charge is -2.08. The van der Waals surface area contributed by atoms with E-state index in [0.29, 0.717) is 37.2 Å². The molecule has 0 bridgehead atoms. The van der Waals surface area contributed by atoms with E-state index in [0.717, 1.165) is 0 Å². The number of carbonyl (C=O) groups is 3. The van der Waals surface area contributed by atoms with Crippen LogP contribution in [-0.2, 0) is 9.59 Å². The van der Waals surface area contributed by atoms with Gasteiger partial charge in [0.05, 0.1) is 10.8 Å². The zero-order valence-corrected chi connectivity index (χ0v) is 12.7. The van der Waals surface area contributed by atoms with Gasteiger partial charge in [-0.1, -0.05) is 13.0 Å². The Morgan fingerprint density at radius 2 is 2.05 bits per heavy atom. The second kappa shape index (κ2) is 9.12. The number of rotatable bonds is 9. The van der Waals surface area contributed by atoms with Crippen molar-refractivity contribution in [1.29, 1.82) is 0 Å². The highest BCUT2D eigenvalue weighted by molar-refractivity contribution is 7.12. The number of carboxylic acids is 1. The molecule has 1 aromatic rings. The van der Waals surface area contributed by atoms with Gasteiger partial charge in [0.2, 0.25) is 5.91 Å². The highest BCUT2D eigenvalue weighted by atomic mass is 32.1. The summed E-state index contributed by atoms with van der Waals surface area (Å²) in [6.45, 7) is 2.40. The van der Waals surface area contributed by atoms with Crippen molar-refractivity contribution in [3.05, 3.63) is 22.4 Å². The number of amides is 2. The molecular weight excluding hydrogens is 292 g/mol. The molecule has 0 fully saturated rings. The zero-order valence-electron chi connectivity index (χ0n) is 11.9. The monoisotopic (exact) mass is 312 g/mol. The minimum absolute atomic E-state index is 0.124. The maximum atomic E-state index is 11.6. The summed E-state index contributed by atoms with van der Waals surface area (Å²) in [4.78, 5) is 34.4. The molecule has 0 radical (unpaired) electrons. The molecule has 0 aromatic carbocycles. The molecule has 0 saturated heterocycles. The molecule has 2 amide bonds. The smallest absolute Gasteiger partial charge is 0.306 e. The van der Waals surface area contributed by atoms with Gasteiger partial charge in [-0.25, -0.2) is 0 Å². The van der Waals surface area contributed by atoms with E-state index in [4.69, 9.17) is 5.11 Å². The summed E-state index contributed by atoms with van der Waals surface area (Å²) in [5.41, 5.74) is 0. The molecule has 0 saturated carbocycles. The molecule has 0 aliphatic carbocycles. The Bertz CT molecular complexity index is 473. The van der Waals surface area contributed by atoms with Crippen LogP contribution in [0, 0.1) is 5.92 Å². The minimum Gasteiger partial charge on any atom is -0.481 e. The van der Waals surface area contributed by atoms with Crippen molar-refractivity contribution >= 4 is 29.1 Å². The van der Waals surface area contributed by atoms with Gasteiger partial charge in [0.1, 0.15) is 0 Å². The van der Waals surface area contributed by atoms with Gasteiger partial charge in [0.25, 0.3) is 5.91 Å². The predicted molar refractivity (Wildman–Crippen MR) is 80.3 cm³/mol. The molecule has 0 spiro atoms. The van der Waals surface area contributed by atoms with E-state index in [1.54, 1.807) is 13.0 Å². The van der Waals surface area contributed by atoms with Crippen molar-refractivity contribution < 1.29 is 19.5 Å². The molecule has 21 heavy (non-hydrogen) atoms. The first-order valence-corrected chi connectivity index (χ1v) is 7.70. The van der Waals surface area contributed by atoms with E-state index in [2.05, 4.69) is 10.6 Å². The summed E-state index contributed by atoms with van der Waals surface area (Å²) >= 11 is 1.37. The third-order valence-corrected chi connectivity index (χ3v) is 3.80. The molecule has 7 heteroatoms. The Balaban J connectivity index is 2.06. The van der Waals surface area contributed by atoms with Crippen molar-refractivity contribution in [2.24, 2.45) is 5.92 Å². The Kier molecular flexibility index (Phi) is 7.45. The number of carbonyl (C=O) groups excluding carboxylic acids is 2. The molecular formula is C14H20N2O4S. The standard InChI is InChI=1S/C14H20N2O4S/c1-10(14(19)20)6-8-15-12(17)5-2-7-16-13(18)11-4-3-9-21-11/h3-4,9-10H,2,5-8H2,1H3,(H,15,17)(H,16,18)(H,19,20). The normalized spacial score (nSPS) is 11.7. The summed E-state index contributed by atoms with van der Waals surface area (Å²) in [5, 5.41) is 15.9. The van der Waals surface area contributed by atoms with Crippen molar-refractivity contribution in [2.45, 2.75) is 26.2 Å². The van der Waals surface area contributed by atoms with Crippen LogP contribution < -0.4 is 10.6 Å². The van der Waals surface area contributed by atoms with Crippen LogP contribution in [0.25, 0.3) is 0 Å². The number of thiophene rings is 1. The minimum atomic E-state index is -0.861. The third kappa shape index (κ3) is 6.89. The first kappa shape index (κ1) is 17.2. The van der Waals surface area contributed by atoms with E-state index >= 15 is 0 Å². The van der Waals surface area contributed by atoms with Crippen molar-refractivity contribution in [3.8, 4) is 0 Å². The van der Waals surface area contributed by atoms with Gasteiger partial charge in [0.15, 0.2) is 0 Å². The SMILES string of the molecule is CC(CCNC(=O)CCCNC(=O)c1cccs1)C(=O)O. The highest BCUT2D eigenvalue weighted by Crippen LogP contribution is 2.07. The first-order valence-electron chi connectivity index (χ1n) is 6.82. The van der Waals surface area contributed by atoms with Gasteiger partial charge >= 0.3 is 5.97 Å². The molecule has 6 nitrogen and oxygen atoms in total. The van der Waals surface area contributed by atoms with Gasteiger partial charge < -0.3 is 15.7 Å². The molecule has 1 heterocycles. The van der Waals surface area contributed by atoms with E-state index in [1.807, 2.05) is 11.4 Å². The summed E-state index contributed by atoms with van der Waals surface area (Å²) in [5.74, 6) is -1.57. The zero-order chi connectivity index (χ0) is 15.7. The Morgan fingerprint density at radius 1 is 1.29 bits per heavy atom. The third-order valence-electron chi connectivity index (χ3n) is 2.93. The Morgan fingerprint density at radius 3 is 2.67 bits per heavy atom. The van der Waals surface area contributed by atoms with Crippen LogP contribution in [0.4, 0.5) is 0 Å². The van der Waals surface area contributed by atoms with Crippen LogP contribution in [0.5, 0.6) is 0 Å². The summed E-state index contributed by atoms with van der Waals surface area (Å²) < 4.78 is 0. The second-order valence-corrected chi connectivity index (χ2v) is 5.66. The lowest BCUT2D eigenvalue weighted by Crippen LogP contribution is -2.28.